The second kappa shape index (κ2) is 6.71. The summed E-state index contributed by atoms with van der Waals surface area (Å²) in [4.78, 5) is 0. The standard InChI is InChI=1S/C14H22FNO2/c1-4-14(17,5-2)10-16-9-11-7-6-8-12(18-3)13(11)15/h6-8,16-17H,4-5,9-10H2,1-3H3. The molecule has 0 aliphatic rings. The van der Waals surface area contributed by atoms with E-state index in [-0.39, 0.29) is 11.6 Å². The van der Waals surface area contributed by atoms with Crippen LogP contribution in [-0.2, 0) is 6.54 Å². The monoisotopic (exact) mass is 255 g/mol. The number of hydrogen-bond donors (Lipinski definition) is 2. The molecule has 0 unspecified atom stereocenters. The summed E-state index contributed by atoms with van der Waals surface area (Å²) in [7, 11) is 1.45. The van der Waals surface area contributed by atoms with Crippen LogP contribution in [0.4, 0.5) is 4.39 Å². The minimum absolute atomic E-state index is 0.246. The molecule has 0 heterocycles. The molecule has 4 heteroatoms. The molecule has 0 spiro atoms. The molecule has 1 aromatic rings. The van der Waals surface area contributed by atoms with Gasteiger partial charge in [-0.05, 0) is 18.9 Å². The van der Waals surface area contributed by atoms with Gasteiger partial charge in [-0.3, -0.25) is 0 Å². The van der Waals surface area contributed by atoms with Gasteiger partial charge in [-0.25, -0.2) is 4.39 Å². The lowest BCUT2D eigenvalue weighted by atomic mass is 9.97. The van der Waals surface area contributed by atoms with E-state index in [1.807, 2.05) is 13.8 Å². The van der Waals surface area contributed by atoms with Crippen molar-refractivity contribution < 1.29 is 14.2 Å². The summed E-state index contributed by atoms with van der Waals surface area (Å²) in [6.07, 6.45) is 1.36. The molecule has 0 amide bonds. The van der Waals surface area contributed by atoms with Gasteiger partial charge in [-0.2, -0.15) is 0 Å². The Kier molecular flexibility index (Phi) is 5.56. The summed E-state index contributed by atoms with van der Waals surface area (Å²) in [5, 5.41) is 13.2. The second-order valence-electron chi connectivity index (χ2n) is 4.47. The zero-order valence-corrected chi connectivity index (χ0v) is 11.3. The van der Waals surface area contributed by atoms with Crippen LogP contribution in [0.1, 0.15) is 32.3 Å². The second-order valence-corrected chi connectivity index (χ2v) is 4.47. The van der Waals surface area contributed by atoms with E-state index in [4.69, 9.17) is 4.74 Å². The van der Waals surface area contributed by atoms with Crippen molar-refractivity contribution in [3.05, 3.63) is 29.6 Å². The van der Waals surface area contributed by atoms with Crippen molar-refractivity contribution in [3.63, 3.8) is 0 Å². The van der Waals surface area contributed by atoms with Gasteiger partial charge in [0, 0.05) is 18.7 Å². The molecule has 0 aliphatic heterocycles. The van der Waals surface area contributed by atoms with E-state index < -0.39 is 5.60 Å². The van der Waals surface area contributed by atoms with Gasteiger partial charge in [-0.15, -0.1) is 0 Å². The van der Waals surface area contributed by atoms with E-state index in [1.165, 1.54) is 7.11 Å². The zero-order chi connectivity index (χ0) is 13.6. The highest BCUT2D eigenvalue weighted by Gasteiger charge is 2.21. The van der Waals surface area contributed by atoms with Gasteiger partial charge in [0.1, 0.15) is 0 Å². The van der Waals surface area contributed by atoms with Gasteiger partial charge in [-0.1, -0.05) is 26.0 Å². The number of halogens is 1. The van der Waals surface area contributed by atoms with Gasteiger partial charge >= 0.3 is 0 Å². The van der Waals surface area contributed by atoms with E-state index in [9.17, 15) is 9.50 Å². The largest absolute Gasteiger partial charge is 0.494 e. The molecule has 0 radical (unpaired) electrons. The first-order chi connectivity index (χ1) is 8.56. The summed E-state index contributed by atoms with van der Waals surface area (Å²) in [5.74, 6) is -0.0976. The number of ether oxygens (including phenoxy) is 1. The van der Waals surface area contributed by atoms with Crippen LogP contribution in [0.15, 0.2) is 18.2 Å². The third kappa shape index (κ3) is 3.68. The highest BCUT2D eigenvalue weighted by molar-refractivity contribution is 5.30. The van der Waals surface area contributed by atoms with Crippen LogP contribution in [0, 0.1) is 5.82 Å². The molecule has 0 atom stereocenters. The van der Waals surface area contributed by atoms with Crippen LogP contribution >= 0.6 is 0 Å². The molecule has 0 saturated carbocycles. The zero-order valence-electron chi connectivity index (χ0n) is 11.3. The van der Waals surface area contributed by atoms with Gasteiger partial charge in [0.05, 0.1) is 12.7 Å². The predicted molar refractivity (Wildman–Crippen MR) is 70.2 cm³/mol. The van der Waals surface area contributed by atoms with Crippen molar-refractivity contribution >= 4 is 0 Å². The van der Waals surface area contributed by atoms with Crippen molar-refractivity contribution in [2.45, 2.75) is 38.8 Å². The van der Waals surface area contributed by atoms with Crippen LogP contribution < -0.4 is 10.1 Å². The number of aliphatic hydroxyl groups is 1. The molecule has 1 aromatic carbocycles. The minimum atomic E-state index is -0.713. The van der Waals surface area contributed by atoms with E-state index in [0.717, 1.165) is 0 Å². The van der Waals surface area contributed by atoms with E-state index in [0.29, 0.717) is 31.5 Å². The Labute approximate surface area is 108 Å². The van der Waals surface area contributed by atoms with Gasteiger partial charge in [0.2, 0.25) is 0 Å². The molecule has 0 aromatic heterocycles. The number of benzene rings is 1. The van der Waals surface area contributed by atoms with Crippen molar-refractivity contribution in [3.8, 4) is 5.75 Å². The van der Waals surface area contributed by atoms with Crippen LogP contribution in [0.2, 0.25) is 0 Å². The third-order valence-electron chi connectivity index (χ3n) is 3.35. The van der Waals surface area contributed by atoms with Crippen molar-refractivity contribution in [1.82, 2.24) is 5.32 Å². The molecule has 0 saturated heterocycles. The average molecular weight is 255 g/mol. The normalized spacial score (nSPS) is 11.6. The molecule has 1 rings (SSSR count). The summed E-state index contributed by atoms with van der Waals surface area (Å²) in [5.41, 5.74) is -0.168. The molecule has 2 N–H and O–H groups in total. The topological polar surface area (TPSA) is 41.5 Å². The fourth-order valence-corrected chi connectivity index (χ4v) is 1.78. The van der Waals surface area contributed by atoms with Gasteiger partial charge < -0.3 is 15.2 Å². The van der Waals surface area contributed by atoms with Crippen LogP contribution in [-0.4, -0.2) is 24.4 Å². The average Bonchev–Trinajstić information content (AvgIpc) is 2.40. The van der Waals surface area contributed by atoms with E-state index in [1.54, 1.807) is 18.2 Å². The Hall–Kier alpha value is -1.13. The Morgan fingerprint density at radius 1 is 1.33 bits per heavy atom. The Morgan fingerprint density at radius 3 is 2.56 bits per heavy atom. The summed E-state index contributed by atoms with van der Waals surface area (Å²) in [6.45, 7) is 4.72. The quantitative estimate of drug-likeness (QED) is 0.786. The molecule has 0 aliphatic carbocycles. The Balaban J connectivity index is 2.59. The highest BCUT2D eigenvalue weighted by atomic mass is 19.1. The smallest absolute Gasteiger partial charge is 0.169 e. The first kappa shape index (κ1) is 14.9. The number of methoxy groups -OCH3 is 1. The first-order valence-electron chi connectivity index (χ1n) is 6.30. The maximum absolute atomic E-state index is 13.8. The lowest BCUT2D eigenvalue weighted by Crippen LogP contribution is -2.39. The molecule has 0 fully saturated rings. The predicted octanol–water partition coefficient (Wildman–Crippen LogP) is 2.48. The number of rotatable bonds is 7. The lowest BCUT2D eigenvalue weighted by molar-refractivity contribution is 0.0322. The van der Waals surface area contributed by atoms with Gasteiger partial charge in [0.15, 0.2) is 11.6 Å². The van der Waals surface area contributed by atoms with Crippen LogP contribution in [0.25, 0.3) is 0 Å². The first-order valence-corrected chi connectivity index (χ1v) is 6.30. The summed E-state index contributed by atoms with van der Waals surface area (Å²) < 4.78 is 18.8. The third-order valence-corrected chi connectivity index (χ3v) is 3.35. The molecule has 18 heavy (non-hydrogen) atoms. The fourth-order valence-electron chi connectivity index (χ4n) is 1.78. The minimum Gasteiger partial charge on any atom is -0.494 e. The lowest BCUT2D eigenvalue weighted by Gasteiger charge is -2.25. The Morgan fingerprint density at radius 2 is 2.00 bits per heavy atom. The van der Waals surface area contributed by atoms with Gasteiger partial charge in [0.25, 0.3) is 0 Å². The van der Waals surface area contributed by atoms with E-state index in [2.05, 4.69) is 5.32 Å². The van der Waals surface area contributed by atoms with Crippen molar-refractivity contribution in [2.75, 3.05) is 13.7 Å². The number of hydrogen-bond acceptors (Lipinski definition) is 3. The number of nitrogens with one attached hydrogen (secondary N) is 1. The fraction of sp³-hybridized carbons (Fsp3) is 0.571. The molecule has 102 valence electrons. The maximum Gasteiger partial charge on any atom is 0.169 e. The molecular formula is C14H22FNO2. The highest BCUT2D eigenvalue weighted by Crippen LogP contribution is 2.20. The maximum atomic E-state index is 13.8. The van der Waals surface area contributed by atoms with Crippen LogP contribution in [0.3, 0.4) is 0 Å². The molecular weight excluding hydrogens is 233 g/mol. The SMILES string of the molecule is CCC(O)(CC)CNCc1cccc(OC)c1F. The molecule has 3 nitrogen and oxygen atoms in total. The summed E-state index contributed by atoms with van der Waals surface area (Å²) in [6, 6.07) is 5.06. The van der Waals surface area contributed by atoms with Crippen molar-refractivity contribution in [1.29, 1.82) is 0 Å². The van der Waals surface area contributed by atoms with Crippen molar-refractivity contribution in [2.24, 2.45) is 0 Å². The van der Waals surface area contributed by atoms with E-state index >= 15 is 0 Å². The van der Waals surface area contributed by atoms with Crippen LogP contribution in [0.5, 0.6) is 5.75 Å². The Bertz CT molecular complexity index is 378. The summed E-state index contributed by atoms with van der Waals surface area (Å²) >= 11 is 0. The molecule has 0 bridgehead atoms.